The van der Waals surface area contributed by atoms with E-state index in [1.807, 2.05) is 73.1 Å². The molecule has 5 nitrogen and oxygen atoms in total. The molecule has 0 amide bonds. The van der Waals surface area contributed by atoms with E-state index in [-0.39, 0.29) is 12.0 Å². The summed E-state index contributed by atoms with van der Waals surface area (Å²) in [7, 11) is 1.89. The van der Waals surface area contributed by atoms with Gasteiger partial charge in [0.25, 0.3) is 5.69 Å². The van der Waals surface area contributed by atoms with Crippen molar-refractivity contribution in [3.63, 3.8) is 0 Å². The molecule has 2 aliphatic heterocycles. The number of aromatic nitrogens is 3. The van der Waals surface area contributed by atoms with Gasteiger partial charge < -0.3 is 4.74 Å². The van der Waals surface area contributed by atoms with Crippen LogP contribution < -0.4 is 9.13 Å². The highest BCUT2D eigenvalue weighted by molar-refractivity contribution is 5.87. The number of ether oxygens (including phenoxy) is 1. The van der Waals surface area contributed by atoms with E-state index in [0.29, 0.717) is 35.4 Å². The van der Waals surface area contributed by atoms with Gasteiger partial charge in [0.15, 0.2) is 11.9 Å². The van der Waals surface area contributed by atoms with E-state index in [2.05, 4.69) is 0 Å². The molecule has 2 aromatic heterocycles. The van der Waals surface area contributed by atoms with Gasteiger partial charge in [0.1, 0.15) is 11.6 Å². The van der Waals surface area contributed by atoms with Gasteiger partial charge in [0.2, 0.25) is 18.1 Å². The third-order valence-electron chi connectivity index (χ3n) is 7.51. The van der Waals surface area contributed by atoms with Crippen LogP contribution in [0.5, 0.6) is 0 Å². The average molecular weight is 440 g/mol. The maximum absolute atomic E-state index is 15.3. The van der Waals surface area contributed by atoms with Crippen molar-refractivity contribution in [3.8, 4) is 11.3 Å². The summed E-state index contributed by atoms with van der Waals surface area (Å²) >= 11 is 0. The Labute approximate surface area is 185 Å². The molecule has 0 aliphatic carbocycles. The van der Waals surface area contributed by atoms with Gasteiger partial charge >= 0.3 is 12.2 Å². The van der Waals surface area contributed by atoms with E-state index >= 15 is 4.39 Å². The zero-order chi connectivity index (χ0) is 22.9. The van der Waals surface area contributed by atoms with Crippen LogP contribution in [0.25, 0.3) is 11.3 Å². The van der Waals surface area contributed by atoms with Gasteiger partial charge in [-0.1, -0.05) is 13.8 Å². The number of carbonyl (C=O) groups is 1. The van der Waals surface area contributed by atoms with E-state index in [4.69, 9.17) is 4.74 Å². The molecule has 2 atom stereocenters. The predicted octanol–water partition coefficient (Wildman–Crippen LogP) is 4.14. The Bertz CT molecular complexity index is 1280. The van der Waals surface area contributed by atoms with Crippen molar-refractivity contribution < 1.29 is 27.4 Å². The molecule has 166 valence electrons. The van der Waals surface area contributed by atoms with Crippen LogP contribution in [-0.2, 0) is 17.2 Å². The molecule has 0 spiro atoms. The number of halogens is 2. The fourth-order valence-electron chi connectivity index (χ4n) is 5.74. The van der Waals surface area contributed by atoms with Crippen LogP contribution in [0.4, 0.5) is 8.78 Å². The Kier molecular flexibility index (Phi) is 4.52. The number of hydrogen-bond donors (Lipinski definition) is 0. The molecular weight excluding hydrogens is 412 g/mol. The van der Waals surface area contributed by atoms with E-state index in [1.165, 1.54) is 6.07 Å². The molecule has 5 rings (SSSR count). The fourth-order valence-corrected chi connectivity index (χ4v) is 5.74. The summed E-state index contributed by atoms with van der Waals surface area (Å²) in [6.07, 6.45) is 4.42. The zero-order valence-corrected chi connectivity index (χ0v) is 18.9. The Balaban J connectivity index is 1.86. The molecular formula is C25H27F2N3O2+2. The van der Waals surface area contributed by atoms with Crippen molar-refractivity contribution in [2.75, 3.05) is 0 Å². The first kappa shape index (κ1) is 20.8. The largest absolute Gasteiger partial charge is 0.408 e. The van der Waals surface area contributed by atoms with Crippen molar-refractivity contribution in [2.45, 2.75) is 58.2 Å². The van der Waals surface area contributed by atoms with Crippen LogP contribution in [0, 0.1) is 25.5 Å². The molecule has 32 heavy (non-hydrogen) atoms. The molecule has 0 saturated heterocycles. The lowest BCUT2D eigenvalue weighted by Crippen LogP contribution is -2.62. The number of cyclic esters (lactones) is 1. The minimum absolute atomic E-state index is 0.375. The average Bonchev–Trinajstić information content (AvgIpc) is 3.22. The summed E-state index contributed by atoms with van der Waals surface area (Å²) in [5.74, 6) is -1.55. The van der Waals surface area contributed by atoms with Gasteiger partial charge in [-0.2, -0.15) is 9.13 Å². The van der Waals surface area contributed by atoms with Crippen LogP contribution in [-0.4, -0.2) is 10.5 Å². The van der Waals surface area contributed by atoms with Crippen molar-refractivity contribution in [1.29, 1.82) is 0 Å². The topological polar surface area (TPSA) is 39.0 Å². The second kappa shape index (κ2) is 6.95. The number of carbonyl (C=O) groups excluding carboxylic acids is 1. The predicted molar refractivity (Wildman–Crippen MR) is 113 cm³/mol. The Hall–Kier alpha value is -3.09. The number of aryl methyl sites for hydroxylation is 2. The number of benzene rings is 1. The zero-order valence-electron chi connectivity index (χ0n) is 18.9. The third-order valence-corrected chi connectivity index (χ3v) is 7.51. The maximum atomic E-state index is 15.3. The number of rotatable bonds is 3. The minimum Gasteiger partial charge on any atom is -0.408 e. The second-order valence-corrected chi connectivity index (χ2v) is 8.98. The van der Waals surface area contributed by atoms with E-state index < -0.39 is 23.3 Å². The van der Waals surface area contributed by atoms with E-state index in [9.17, 15) is 9.18 Å². The summed E-state index contributed by atoms with van der Waals surface area (Å²) in [4.78, 5) is 12.9. The summed E-state index contributed by atoms with van der Waals surface area (Å²) in [5.41, 5.74) is 3.38. The fraction of sp³-hybridized carbons (Fsp3) is 0.400. The van der Waals surface area contributed by atoms with Crippen LogP contribution >= 0.6 is 0 Å². The lowest BCUT2D eigenvalue weighted by atomic mass is 9.65. The van der Waals surface area contributed by atoms with Crippen LogP contribution in [0.2, 0.25) is 0 Å². The first-order valence-electron chi connectivity index (χ1n) is 11.0. The monoisotopic (exact) mass is 439 g/mol. The summed E-state index contributed by atoms with van der Waals surface area (Å²) in [6, 6.07) is 5.92. The van der Waals surface area contributed by atoms with E-state index in [0.717, 1.165) is 17.3 Å². The summed E-state index contributed by atoms with van der Waals surface area (Å²) in [5, 5.41) is 0. The van der Waals surface area contributed by atoms with Gasteiger partial charge in [0.05, 0.1) is 18.0 Å². The standard InChI is InChI=1S/C25H27F2N3O2/c1-6-25(7-2)17-11-16(26)12-18(27)20(17)19-10-14(3)8-9-29(19)22(25)23-30-13-28(5)15(4)21(30)24(31)32-23/h8-13,22-23H,6-7H2,1-5H3/q+2. The molecule has 3 aromatic rings. The van der Waals surface area contributed by atoms with Crippen LogP contribution in [0.3, 0.4) is 0 Å². The lowest BCUT2D eigenvalue weighted by molar-refractivity contribution is -0.835. The number of imidazole rings is 1. The Morgan fingerprint density at radius 2 is 1.84 bits per heavy atom. The molecule has 4 heterocycles. The first-order valence-corrected chi connectivity index (χ1v) is 11.0. The lowest BCUT2D eigenvalue weighted by Gasteiger charge is -2.41. The number of pyridine rings is 1. The van der Waals surface area contributed by atoms with Crippen molar-refractivity contribution in [3.05, 3.63) is 70.9 Å². The molecule has 0 saturated carbocycles. The first-order chi connectivity index (χ1) is 15.2. The SMILES string of the molecule is CCC1(CC)c2cc(F)cc(F)c2-c2cc(C)cc[n+]2C1C1OC(=O)c2c(C)n(C)c[n+]21. The number of nitrogens with zero attached hydrogens (tertiary/aromatic N) is 3. The number of fused-ring (bicyclic) bond motifs is 4. The Morgan fingerprint density at radius 3 is 2.53 bits per heavy atom. The van der Waals surface area contributed by atoms with Gasteiger partial charge in [-0.3, -0.25) is 0 Å². The quantitative estimate of drug-likeness (QED) is 0.455. The van der Waals surface area contributed by atoms with Gasteiger partial charge in [-0.25, -0.2) is 18.1 Å². The summed E-state index contributed by atoms with van der Waals surface area (Å²) < 4.78 is 41.6. The molecule has 0 radical (unpaired) electrons. The molecule has 1 aromatic carbocycles. The highest BCUT2D eigenvalue weighted by Crippen LogP contribution is 2.52. The second-order valence-electron chi connectivity index (χ2n) is 8.98. The highest BCUT2D eigenvalue weighted by atomic mass is 19.1. The molecule has 0 fully saturated rings. The van der Waals surface area contributed by atoms with Gasteiger partial charge in [0, 0.05) is 25.1 Å². The molecule has 0 bridgehead atoms. The van der Waals surface area contributed by atoms with Crippen LogP contribution in [0.1, 0.15) is 66.3 Å². The molecule has 2 unspecified atom stereocenters. The molecule has 2 aliphatic rings. The minimum atomic E-state index is -0.644. The normalized spacial score (nSPS) is 20.5. The number of hydrogen-bond acceptors (Lipinski definition) is 2. The molecule has 7 heteroatoms. The van der Waals surface area contributed by atoms with Gasteiger partial charge in [-0.15, -0.1) is 0 Å². The summed E-state index contributed by atoms with van der Waals surface area (Å²) in [6.45, 7) is 7.89. The number of esters is 1. The van der Waals surface area contributed by atoms with Crippen LogP contribution in [0.15, 0.2) is 36.8 Å². The van der Waals surface area contributed by atoms with Crippen molar-refractivity contribution in [1.82, 2.24) is 4.57 Å². The highest BCUT2D eigenvalue weighted by Gasteiger charge is 2.61. The van der Waals surface area contributed by atoms with Crippen molar-refractivity contribution >= 4 is 5.97 Å². The Morgan fingerprint density at radius 1 is 1.12 bits per heavy atom. The molecule has 0 N–H and O–H groups in total. The maximum Gasteiger partial charge on any atom is 0.386 e. The third kappa shape index (κ3) is 2.57. The van der Waals surface area contributed by atoms with Gasteiger partial charge in [-0.05, 0) is 37.0 Å². The smallest absolute Gasteiger partial charge is 0.386 e. The van der Waals surface area contributed by atoms with Crippen molar-refractivity contribution in [2.24, 2.45) is 7.05 Å². The van der Waals surface area contributed by atoms with E-state index in [1.54, 1.807) is 0 Å².